The van der Waals surface area contributed by atoms with Gasteiger partial charge in [0.05, 0.1) is 15.5 Å². The molecule has 0 N–H and O–H groups in total. The molecule has 6 nitrogen and oxygen atoms in total. The molecule has 0 saturated heterocycles. The average Bonchev–Trinajstić information content (AvgIpc) is 2.67. The third-order valence-corrected chi connectivity index (χ3v) is 4.00. The number of nitro groups is 1. The topological polar surface area (TPSA) is 78.7 Å². The maximum atomic E-state index is 12.3. The molecular formula is C20H14ClNO5. The molecule has 0 aliphatic heterocycles. The van der Waals surface area contributed by atoms with Crippen LogP contribution >= 0.6 is 11.6 Å². The van der Waals surface area contributed by atoms with Crippen LogP contribution in [-0.2, 0) is 11.3 Å². The Morgan fingerprint density at radius 2 is 1.70 bits per heavy atom. The van der Waals surface area contributed by atoms with E-state index >= 15 is 0 Å². The lowest BCUT2D eigenvalue weighted by atomic mass is 10.2. The monoisotopic (exact) mass is 383 g/mol. The van der Waals surface area contributed by atoms with E-state index in [4.69, 9.17) is 21.1 Å². The number of esters is 1. The summed E-state index contributed by atoms with van der Waals surface area (Å²) in [5, 5.41) is 10.7. The zero-order valence-electron chi connectivity index (χ0n) is 14.0. The summed E-state index contributed by atoms with van der Waals surface area (Å²) in [6, 6.07) is 20.0. The standard InChI is InChI=1S/C20H14ClNO5/c21-18-12-15(22(24)25)10-11-17(18)20(23)26-13-14-6-4-5-9-19(14)27-16-7-2-1-3-8-16/h1-12H,13H2. The summed E-state index contributed by atoms with van der Waals surface area (Å²) in [5.74, 6) is 0.547. The van der Waals surface area contributed by atoms with E-state index < -0.39 is 10.9 Å². The first kappa shape index (κ1) is 18.4. The second-order valence-corrected chi connectivity index (χ2v) is 5.93. The number of non-ortho nitro benzene ring substituents is 1. The summed E-state index contributed by atoms with van der Waals surface area (Å²) in [5.41, 5.74) is 0.537. The molecule has 3 aromatic carbocycles. The SMILES string of the molecule is O=C(OCc1ccccc1Oc1ccccc1)c1ccc([N+](=O)[O-])cc1Cl. The van der Waals surface area contributed by atoms with Gasteiger partial charge in [0.2, 0.25) is 0 Å². The van der Waals surface area contributed by atoms with Crippen LogP contribution in [0.4, 0.5) is 5.69 Å². The van der Waals surface area contributed by atoms with Crippen LogP contribution in [-0.4, -0.2) is 10.9 Å². The first-order valence-electron chi connectivity index (χ1n) is 7.96. The largest absolute Gasteiger partial charge is 0.457 e. The summed E-state index contributed by atoms with van der Waals surface area (Å²) in [7, 11) is 0. The van der Waals surface area contributed by atoms with E-state index in [1.807, 2.05) is 36.4 Å². The molecule has 0 bridgehead atoms. The van der Waals surface area contributed by atoms with Crippen molar-refractivity contribution in [2.45, 2.75) is 6.61 Å². The Bertz CT molecular complexity index is 975. The minimum Gasteiger partial charge on any atom is -0.457 e. The van der Waals surface area contributed by atoms with Crippen molar-refractivity contribution >= 4 is 23.3 Å². The molecule has 3 rings (SSSR count). The lowest BCUT2D eigenvalue weighted by Crippen LogP contribution is -2.07. The van der Waals surface area contributed by atoms with Gasteiger partial charge < -0.3 is 9.47 Å². The van der Waals surface area contributed by atoms with Gasteiger partial charge in [-0.3, -0.25) is 10.1 Å². The average molecular weight is 384 g/mol. The number of para-hydroxylation sites is 2. The second-order valence-electron chi connectivity index (χ2n) is 5.52. The van der Waals surface area contributed by atoms with Crippen molar-refractivity contribution in [1.29, 1.82) is 0 Å². The highest BCUT2D eigenvalue weighted by atomic mass is 35.5. The number of nitrogens with zero attached hydrogens (tertiary/aromatic N) is 1. The van der Waals surface area contributed by atoms with Gasteiger partial charge in [-0.25, -0.2) is 4.79 Å². The smallest absolute Gasteiger partial charge is 0.339 e. The predicted molar refractivity (Wildman–Crippen MR) is 100 cm³/mol. The van der Waals surface area contributed by atoms with E-state index in [1.165, 1.54) is 12.1 Å². The highest BCUT2D eigenvalue weighted by Crippen LogP contribution is 2.27. The zero-order valence-corrected chi connectivity index (χ0v) is 14.8. The van der Waals surface area contributed by atoms with Crippen LogP contribution < -0.4 is 4.74 Å². The normalized spacial score (nSPS) is 10.3. The van der Waals surface area contributed by atoms with E-state index in [2.05, 4.69) is 0 Å². The molecule has 0 radical (unpaired) electrons. The molecule has 0 atom stereocenters. The Kier molecular flexibility index (Phi) is 5.68. The number of hydrogen-bond donors (Lipinski definition) is 0. The fourth-order valence-corrected chi connectivity index (χ4v) is 2.59. The van der Waals surface area contributed by atoms with Crippen LogP contribution in [0.25, 0.3) is 0 Å². The molecule has 0 fully saturated rings. The van der Waals surface area contributed by atoms with Crippen LogP contribution in [0.15, 0.2) is 72.8 Å². The van der Waals surface area contributed by atoms with Crippen LogP contribution in [0.1, 0.15) is 15.9 Å². The van der Waals surface area contributed by atoms with Crippen molar-refractivity contribution in [2.24, 2.45) is 0 Å². The first-order valence-corrected chi connectivity index (χ1v) is 8.34. The first-order chi connectivity index (χ1) is 13.0. The Morgan fingerprint density at radius 1 is 1.00 bits per heavy atom. The molecular weight excluding hydrogens is 370 g/mol. The molecule has 0 unspecified atom stereocenters. The van der Waals surface area contributed by atoms with Gasteiger partial charge in [-0.15, -0.1) is 0 Å². The highest BCUT2D eigenvalue weighted by Gasteiger charge is 2.17. The van der Waals surface area contributed by atoms with Crippen molar-refractivity contribution in [3.63, 3.8) is 0 Å². The molecule has 27 heavy (non-hydrogen) atoms. The van der Waals surface area contributed by atoms with E-state index in [0.717, 1.165) is 6.07 Å². The molecule has 136 valence electrons. The minimum absolute atomic E-state index is 0.0326. The number of carbonyl (C=O) groups is 1. The lowest BCUT2D eigenvalue weighted by molar-refractivity contribution is -0.384. The molecule has 0 amide bonds. The molecule has 0 saturated carbocycles. The summed E-state index contributed by atoms with van der Waals surface area (Å²) in [4.78, 5) is 22.4. The van der Waals surface area contributed by atoms with Gasteiger partial charge in [-0.2, -0.15) is 0 Å². The Morgan fingerprint density at radius 3 is 2.41 bits per heavy atom. The van der Waals surface area contributed by atoms with Gasteiger partial charge in [0.1, 0.15) is 18.1 Å². The fourth-order valence-electron chi connectivity index (χ4n) is 2.34. The lowest BCUT2D eigenvalue weighted by Gasteiger charge is -2.12. The number of hydrogen-bond acceptors (Lipinski definition) is 5. The van der Waals surface area contributed by atoms with Gasteiger partial charge in [-0.1, -0.05) is 48.0 Å². The van der Waals surface area contributed by atoms with Crippen molar-refractivity contribution in [3.8, 4) is 11.5 Å². The highest BCUT2D eigenvalue weighted by molar-refractivity contribution is 6.33. The van der Waals surface area contributed by atoms with Crippen LogP contribution in [0, 0.1) is 10.1 Å². The van der Waals surface area contributed by atoms with Crippen LogP contribution in [0.3, 0.4) is 0 Å². The van der Waals surface area contributed by atoms with Gasteiger partial charge in [0.15, 0.2) is 0 Å². The van der Waals surface area contributed by atoms with Gasteiger partial charge in [0.25, 0.3) is 5.69 Å². The summed E-state index contributed by atoms with van der Waals surface area (Å²) < 4.78 is 11.1. The number of nitro benzene ring substituents is 1. The molecule has 0 heterocycles. The quantitative estimate of drug-likeness (QED) is 0.323. The number of halogens is 1. The number of carbonyl (C=O) groups excluding carboxylic acids is 1. The third-order valence-electron chi connectivity index (χ3n) is 3.69. The molecule has 0 aliphatic rings. The fraction of sp³-hybridized carbons (Fsp3) is 0.0500. The summed E-state index contributed by atoms with van der Waals surface area (Å²) in [6.45, 7) is -0.0326. The molecule has 7 heteroatoms. The Balaban J connectivity index is 1.72. The second kappa shape index (κ2) is 8.33. The number of rotatable bonds is 6. The Labute approximate surface area is 160 Å². The van der Waals surface area contributed by atoms with Crippen molar-refractivity contribution < 1.29 is 19.2 Å². The zero-order chi connectivity index (χ0) is 19.2. The third kappa shape index (κ3) is 4.62. The number of ether oxygens (including phenoxy) is 2. The maximum Gasteiger partial charge on any atom is 0.339 e. The predicted octanol–water partition coefficient (Wildman–Crippen LogP) is 5.40. The molecule has 0 aliphatic carbocycles. The van der Waals surface area contributed by atoms with Crippen LogP contribution in [0.2, 0.25) is 5.02 Å². The Hall–Kier alpha value is -3.38. The van der Waals surface area contributed by atoms with Crippen molar-refractivity contribution in [2.75, 3.05) is 0 Å². The van der Waals surface area contributed by atoms with Crippen molar-refractivity contribution in [1.82, 2.24) is 0 Å². The van der Waals surface area contributed by atoms with Gasteiger partial charge >= 0.3 is 5.97 Å². The summed E-state index contributed by atoms with van der Waals surface area (Å²) in [6.07, 6.45) is 0. The van der Waals surface area contributed by atoms with E-state index in [9.17, 15) is 14.9 Å². The van der Waals surface area contributed by atoms with Gasteiger partial charge in [-0.05, 0) is 24.3 Å². The molecule has 0 spiro atoms. The maximum absolute atomic E-state index is 12.3. The molecule has 0 aromatic heterocycles. The summed E-state index contributed by atoms with van der Waals surface area (Å²) >= 11 is 5.96. The van der Waals surface area contributed by atoms with Crippen LogP contribution in [0.5, 0.6) is 11.5 Å². The van der Waals surface area contributed by atoms with E-state index in [-0.39, 0.29) is 22.9 Å². The number of benzene rings is 3. The van der Waals surface area contributed by atoms with E-state index in [1.54, 1.807) is 18.2 Å². The van der Waals surface area contributed by atoms with Crippen molar-refractivity contribution in [3.05, 3.63) is 99.1 Å². The van der Waals surface area contributed by atoms with E-state index in [0.29, 0.717) is 17.1 Å². The minimum atomic E-state index is -0.676. The van der Waals surface area contributed by atoms with Gasteiger partial charge in [0, 0.05) is 17.7 Å². The molecule has 3 aromatic rings.